The van der Waals surface area contributed by atoms with Gasteiger partial charge in [0.05, 0.1) is 5.69 Å². The molecule has 2 N–H and O–H groups in total. The molecule has 1 aromatic heterocycles. The van der Waals surface area contributed by atoms with Crippen molar-refractivity contribution in [2.45, 2.75) is 59.2 Å². The number of guanidine groups is 1. The van der Waals surface area contributed by atoms with Gasteiger partial charge in [-0.25, -0.2) is 0 Å². The summed E-state index contributed by atoms with van der Waals surface area (Å²) in [7, 11) is 3.75. The summed E-state index contributed by atoms with van der Waals surface area (Å²) in [5.41, 5.74) is 6.09. The van der Waals surface area contributed by atoms with Crippen molar-refractivity contribution in [3.05, 3.63) is 52.3 Å². The van der Waals surface area contributed by atoms with Crippen LogP contribution in [0.5, 0.6) is 0 Å². The van der Waals surface area contributed by atoms with Gasteiger partial charge in [-0.1, -0.05) is 24.3 Å². The molecular formula is C23H34N6O. The second kappa shape index (κ2) is 9.78. The Labute approximate surface area is 179 Å². The van der Waals surface area contributed by atoms with E-state index in [1.54, 1.807) is 7.05 Å². The Bertz CT molecular complexity index is 891. The number of benzene rings is 1. The second-order valence-corrected chi connectivity index (χ2v) is 8.14. The lowest BCUT2D eigenvalue weighted by atomic mass is 10.1. The molecule has 1 unspecified atom stereocenters. The molecule has 162 valence electrons. The lowest BCUT2D eigenvalue weighted by molar-refractivity contribution is -0.131. The molecule has 1 aromatic carbocycles. The van der Waals surface area contributed by atoms with Crippen molar-refractivity contribution in [2.24, 2.45) is 12.0 Å². The van der Waals surface area contributed by atoms with Crippen molar-refractivity contribution in [3.63, 3.8) is 0 Å². The lowest BCUT2D eigenvalue weighted by Gasteiger charge is -2.19. The molecule has 1 aliphatic heterocycles. The number of hydrogen-bond acceptors (Lipinski definition) is 3. The zero-order chi connectivity index (χ0) is 21.7. The second-order valence-electron chi connectivity index (χ2n) is 8.14. The Morgan fingerprint density at radius 2 is 1.90 bits per heavy atom. The molecule has 2 aromatic rings. The first kappa shape index (κ1) is 21.9. The summed E-state index contributed by atoms with van der Waals surface area (Å²) in [4.78, 5) is 18.8. The number of carbonyl (C=O) groups excluding carboxylic acids is 1. The summed E-state index contributed by atoms with van der Waals surface area (Å²) in [5.74, 6) is 0.981. The Balaban J connectivity index is 1.39. The van der Waals surface area contributed by atoms with Gasteiger partial charge in [-0.05, 0) is 50.3 Å². The van der Waals surface area contributed by atoms with E-state index in [9.17, 15) is 4.79 Å². The maximum atomic E-state index is 12.5. The topological polar surface area (TPSA) is 74.6 Å². The Hall–Kier alpha value is -2.83. The third-order valence-corrected chi connectivity index (χ3v) is 5.83. The fourth-order valence-electron chi connectivity index (χ4n) is 4.01. The van der Waals surface area contributed by atoms with Crippen LogP contribution in [0.1, 0.15) is 47.8 Å². The Kier molecular flexibility index (Phi) is 7.13. The molecule has 1 aliphatic rings. The Morgan fingerprint density at radius 3 is 2.47 bits per heavy atom. The molecule has 7 heteroatoms. The molecule has 1 atom stereocenters. The van der Waals surface area contributed by atoms with Crippen LogP contribution in [0.2, 0.25) is 0 Å². The quantitative estimate of drug-likeness (QED) is 0.418. The van der Waals surface area contributed by atoms with Gasteiger partial charge < -0.3 is 15.5 Å². The number of aliphatic imine (C=N–C) groups is 1. The zero-order valence-electron chi connectivity index (χ0n) is 18.8. The first-order valence-electron chi connectivity index (χ1n) is 10.7. The van der Waals surface area contributed by atoms with Crippen LogP contribution in [0.4, 0.5) is 0 Å². The normalized spacial score (nSPS) is 14.6. The van der Waals surface area contributed by atoms with E-state index >= 15 is 0 Å². The molecule has 0 spiro atoms. The van der Waals surface area contributed by atoms with Crippen LogP contribution in [-0.4, -0.2) is 46.2 Å². The molecular weight excluding hydrogens is 376 g/mol. The highest BCUT2D eigenvalue weighted by Gasteiger charge is 2.22. The van der Waals surface area contributed by atoms with Crippen molar-refractivity contribution in [1.82, 2.24) is 25.3 Å². The standard InChI is InChI=1S/C23H34N6O/c1-16(13-21-17(2)27-28(5)18(21)3)26-23(24-4)25-12-8-11-22(30)29-14-19-9-6-7-10-20(19)15-29/h6-7,9-10,16H,8,11-15H2,1-5H3,(H2,24,25,26). The van der Waals surface area contributed by atoms with Gasteiger partial charge in [0.2, 0.25) is 5.91 Å². The summed E-state index contributed by atoms with van der Waals surface area (Å²) < 4.78 is 1.93. The first-order chi connectivity index (χ1) is 14.4. The number of carbonyl (C=O) groups is 1. The SMILES string of the molecule is CN=C(NCCCC(=O)N1Cc2ccccc2C1)NC(C)Cc1c(C)nn(C)c1C. The summed E-state index contributed by atoms with van der Waals surface area (Å²) in [6.45, 7) is 8.48. The smallest absolute Gasteiger partial charge is 0.223 e. The zero-order valence-corrected chi connectivity index (χ0v) is 18.8. The third kappa shape index (κ3) is 5.20. The number of hydrogen-bond donors (Lipinski definition) is 2. The summed E-state index contributed by atoms with van der Waals surface area (Å²) in [6.07, 6.45) is 2.21. The fourth-order valence-corrected chi connectivity index (χ4v) is 4.01. The van der Waals surface area contributed by atoms with E-state index in [2.05, 4.69) is 53.6 Å². The third-order valence-electron chi connectivity index (χ3n) is 5.83. The minimum atomic E-state index is 0.215. The summed E-state index contributed by atoms with van der Waals surface area (Å²) in [6, 6.07) is 8.51. The Morgan fingerprint density at radius 1 is 1.23 bits per heavy atom. The van der Waals surface area contributed by atoms with Crippen molar-refractivity contribution in [3.8, 4) is 0 Å². The maximum absolute atomic E-state index is 12.5. The van der Waals surface area contributed by atoms with Gasteiger partial charge in [-0.2, -0.15) is 5.10 Å². The largest absolute Gasteiger partial charge is 0.356 e. The number of nitrogens with zero attached hydrogens (tertiary/aromatic N) is 4. The van der Waals surface area contributed by atoms with Gasteiger partial charge in [0.15, 0.2) is 5.96 Å². The molecule has 0 bridgehead atoms. The number of aromatic nitrogens is 2. The van der Waals surface area contributed by atoms with Crippen LogP contribution in [0.3, 0.4) is 0 Å². The number of amides is 1. The van der Waals surface area contributed by atoms with Crippen LogP contribution < -0.4 is 10.6 Å². The first-order valence-corrected chi connectivity index (χ1v) is 10.7. The lowest BCUT2D eigenvalue weighted by Crippen LogP contribution is -2.43. The molecule has 0 fully saturated rings. The van der Waals surface area contributed by atoms with Gasteiger partial charge in [0.25, 0.3) is 0 Å². The van der Waals surface area contributed by atoms with Gasteiger partial charge >= 0.3 is 0 Å². The number of fused-ring (bicyclic) bond motifs is 1. The van der Waals surface area contributed by atoms with E-state index < -0.39 is 0 Å². The summed E-state index contributed by atoms with van der Waals surface area (Å²) >= 11 is 0. The highest BCUT2D eigenvalue weighted by Crippen LogP contribution is 2.22. The molecule has 0 saturated carbocycles. The van der Waals surface area contributed by atoms with Gasteiger partial charge in [0.1, 0.15) is 0 Å². The van der Waals surface area contributed by atoms with E-state index in [-0.39, 0.29) is 11.9 Å². The van der Waals surface area contributed by atoms with E-state index in [1.807, 2.05) is 28.8 Å². The van der Waals surface area contributed by atoms with Gasteiger partial charge in [-0.3, -0.25) is 14.5 Å². The van der Waals surface area contributed by atoms with Crippen molar-refractivity contribution >= 4 is 11.9 Å². The minimum absolute atomic E-state index is 0.215. The minimum Gasteiger partial charge on any atom is -0.356 e. The molecule has 0 radical (unpaired) electrons. The average Bonchev–Trinajstić information content (AvgIpc) is 3.26. The van der Waals surface area contributed by atoms with Crippen molar-refractivity contribution in [2.75, 3.05) is 13.6 Å². The molecule has 0 aliphatic carbocycles. The molecule has 3 rings (SSSR count). The van der Waals surface area contributed by atoms with Crippen LogP contribution >= 0.6 is 0 Å². The number of nitrogens with one attached hydrogen (secondary N) is 2. The van der Waals surface area contributed by atoms with Crippen LogP contribution in [0, 0.1) is 13.8 Å². The monoisotopic (exact) mass is 410 g/mol. The van der Waals surface area contributed by atoms with Crippen LogP contribution in [0.15, 0.2) is 29.3 Å². The van der Waals surface area contributed by atoms with Crippen molar-refractivity contribution < 1.29 is 4.79 Å². The van der Waals surface area contributed by atoms with Gasteiger partial charge in [-0.15, -0.1) is 0 Å². The predicted molar refractivity (Wildman–Crippen MR) is 120 cm³/mol. The molecule has 2 heterocycles. The maximum Gasteiger partial charge on any atom is 0.223 e. The highest BCUT2D eigenvalue weighted by atomic mass is 16.2. The summed E-state index contributed by atoms with van der Waals surface area (Å²) in [5, 5.41) is 11.3. The van der Waals surface area contributed by atoms with E-state index in [4.69, 9.17) is 0 Å². The molecule has 1 amide bonds. The number of aryl methyl sites for hydroxylation is 2. The van der Waals surface area contributed by atoms with E-state index in [1.165, 1.54) is 22.4 Å². The predicted octanol–water partition coefficient (Wildman–Crippen LogP) is 2.46. The molecule has 7 nitrogen and oxygen atoms in total. The van der Waals surface area contributed by atoms with Crippen LogP contribution in [-0.2, 0) is 31.4 Å². The highest BCUT2D eigenvalue weighted by molar-refractivity contribution is 5.80. The van der Waals surface area contributed by atoms with Gasteiger partial charge in [0, 0.05) is 51.9 Å². The van der Waals surface area contributed by atoms with Crippen molar-refractivity contribution in [1.29, 1.82) is 0 Å². The molecule has 0 saturated heterocycles. The molecule has 30 heavy (non-hydrogen) atoms. The van der Waals surface area contributed by atoms with Crippen LogP contribution in [0.25, 0.3) is 0 Å². The fraction of sp³-hybridized carbons (Fsp3) is 0.522. The van der Waals surface area contributed by atoms with E-state index in [0.29, 0.717) is 13.0 Å². The number of rotatable bonds is 7. The van der Waals surface area contributed by atoms with E-state index in [0.717, 1.165) is 37.6 Å². The average molecular weight is 411 g/mol.